The van der Waals surface area contributed by atoms with Crippen molar-refractivity contribution in [1.29, 1.82) is 0 Å². The lowest BCUT2D eigenvalue weighted by Gasteiger charge is -2.37. The predicted octanol–water partition coefficient (Wildman–Crippen LogP) is 3.73. The Bertz CT molecular complexity index is 505. The van der Waals surface area contributed by atoms with Crippen molar-refractivity contribution >= 4 is 17.5 Å². The average Bonchev–Trinajstić information content (AvgIpc) is 2.38. The van der Waals surface area contributed by atoms with Gasteiger partial charge in [0, 0.05) is 18.5 Å². The molecule has 1 aliphatic carbocycles. The third-order valence-electron chi connectivity index (χ3n) is 3.57. The number of hydrogen-bond donors (Lipinski definition) is 0. The summed E-state index contributed by atoms with van der Waals surface area (Å²) in [5.74, 6) is -4.55. The Hall–Kier alpha value is -1.23. The Kier molecular flexibility index (Phi) is 4.91. The van der Waals surface area contributed by atoms with Crippen LogP contribution in [0.2, 0.25) is 0 Å². The van der Waals surface area contributed by atoms with Crippen molar-refractivity contribution < 1.29 is 18.0 Å². The highest BCUT2D eigenvalue weighted by Gasteiger charge is 2.31. The van der Waals surface area contributed by atoms with Crippen molar-refractivity contribution in [2.75, 3.05) is 12.4 Å². The zero-order valence-corrected chi connectivity index (χ0v) is 11.6. The molecular weight excluding hydrogens is 291 g/mol. The SMILES string of the molecule is O=C(c1ccc(F)c(F)c1F)N(CCCCl)C1CCC1. The maximum Gasteiger partial charge on any atom is 0.257 e. The van der Waals surface area contributed by atoms with Gasteiger partial charge in [0.05, 0.1) is 5.56 Å². The van der Waals surface area contributed by atoms with Gasteiger partial charge in [-0.1, -0.05) is 0 Å². The summed E-state index contributed by atoms with van der Waals surface area (Å²) in [6.45, 7) is 0.394. The molecule has 0 bridgehead atoms. The standard InChI is InChI=1S/C14H15ClF3NO/c15-7-2-8-19(9-3-1-4-9)14(20)10-5-6-11(16)13(18)12(10)17/h5-6,9H,1-4,7-8H2. The van der Waals surface area contributed by atoms with E-state index in [0.717, 1.165) is 31.4 Å². The van der Waals surface area contributed by atoms with Crippen LogP contribution >= 0.6 is 11.6 Å². The van der Waals surface area contributed by atoms with Gasteiger partial charge in [0.25, 0.3) is 5.91 Å². The van der Waals surface area contributed by atoms with Gasteiger partial charge in [-0.15, -0.1) is 11.6 Å². The maximum absolute atomic E-state index is 13.7. The second-order valence-electron chi connectivity index (χ2n) is 4.85. The van der Waals surface area contributed by atoms with Crippen LogP contribution in [0.4, 0.5) is 13.2 Å². The zero-order valence-electron chi connectivity index (χ0n) is 10.8. The van der Waals surface area contributed by atoms with Gasteiger partial charge >= 0.3 is 0 Å². The molecule has 20 heavy (non-hydrogen) atoms. The van der Waals surface area contributed by atoms with Gasteiger partial charge in [-0.25, -0.2) is 13.2 Å². The number of nitrogens with zero attached hydrogens (tertiary/aromatic N) is 1. The van der Waals surface area contributed by atoms with Crippen LogP contribution < -0.4 is 0 Å². The number of halogens is 4. The number of benzene rings is 1. The van der Waals surface area contributed by atoms with Gasteiger partial charge < -0.3 is 4.90 Å². The Morgan fingerprint density at radius 1 is 1.25 bits per heavy atom. The van der Waals surface area contributed by atoms with Gasteiger partial charge in [-0.3, -0.25) is 4.79 Å². The van der Waals surface area contributed by atoms with Crippen molar-refractivity contribution in [1.82, 2.24) is 4.90 Å². The van der Waals surface area contributed by atoms with Crippen LogP contribution in [0.25, 0.3) is 0 Å². The van der Waals surface area contributed by atoms with Crippen molar-refractivity contribution in [2.24, 2.45) is 0 Å². The third-order valence-corrected chi connectivity index (χ3v) is 3.84. The molecule has 1 aromatic rings. The average molecular weight is 306 g/mol. The number of amides is 1. The normalized spacial score (nSPS) is 15.0. The van der Waals surface area contributed by atoms with Gasteiger partial charge in [-0.05, 0) is 37.8 Å². The van der Waals surface area contributed by atoms with E-state index < -0.39 is 28.9 Å². The smallest absolute Gasteiger partial charge is 0.257 e. The number of carbonyl (C=O) groups excluding carboxylic acids is 1. The molecule has 1 aromatic carbocycles. The van der Waals surface area contributed by atoms with Crippen LogP contribution in [0.15, 0.2) is 12.1 Å². The quantitative estimate of drug-likeness (QED) is 0.599. The lowest BCUT2D eigenvalue weighted by molar-refractivity contribution is 0.0574. The highest BCUT2D eigenvalue weighted by molar-refractivity contribution is 6.17. The first kappa shape index (κ1) is 15.2. The van der Waals surface area contributed by atoms with E-state index in [2.05, 4.69) is 0 Å². The van der Waals surface area contributed by atoms with Gasteiger partial charge in [0.2, 0.25) is 0 Å². The molecule has 1 aliphatic rings. The summed E-state index contributed by atoms with van der Waals surface area (Å²) in [5.41, 5.74) is -0.426. The van der Waals surface area contributed by atoms with Crippen LogP contribution in [0.5, 0.6) is 0 Å². The Labute approximate surface area is 120 Å². The number of carbonyl (C=O) groups is 1. The van der Waals surface area contributed by atoms with E-state index in [1.807, 2.05) is 0 Å². The molecule has 0 atom stereocenters. The molecule has 0 spiro atoms. The summed E-state index contributed by atoms with van der Waals surface area (Å²) in [6, 6.07) is 1.80. The minimum atomic E-state index is -1.61. The molecule has 0 radical (unpaired) electrons. The summed E-state index contributed by atoms with van der Waals surface area (Å²) in [5, 5.41) is 0. The summed E-state index contributed by atoms with van der Waals surface area (Å²) in [7, 11) is 0. The summed E-state index contributed by atoms with van der Waals surface area (Å²) >= 11 is 5.62. The molecule has 0 heterocycles. The molecule has 1 amide bonds. The van der Waals surface area contributed by atoms with Gasteiger partial charge in [0.1, 0.15) is 0 Å². The molecule has 1 saturated carbocycles. The molecule has 110 valence electrons. The monoisotopic (exact) mass is 305 g/mol. The Balaban J connectivity index is 2.24. The second-order valence-corrected chi connectivity index (χ2v) is 5.23. The van der Waals surface area contributed by atoms with Crippen molar-refractivity contribution in [2.45, 2.75) is 31.7 Å². The van der Waals surface area contributed by atoms with Crippen molar-refractivity contribution in [3.8, 4) is 0 Å². The van der Waals surface area contributed by atoms with E-state index in [0.29, 0.717) is 18.8 Å². The van der Waals surface area contributed by atoms with E-state index in [9.17, 15) is 18.0 Å². The van der Waals surface area contributed by atoms with Crippen LogP contribution in [0.3, 0.4) is 0 Å². The molecule has 6 heteroatoms. The molecule has 0 aliphatic heterocycles. The molecule has 0 saturated heterocycles. The lowest BCUT2D eigenvalue weighted by Crippen LogP contribution is -2.45. The topological polar surface area (TPSA) is 20.3 Å². The molecule has 1 fully saturated rings. The van der Waals surface area contributed by atoms with E-state index in [4.69, 9.17) is 11.6 Å². The fourth-order valence-electron chi connectivity index (χ4n) is 2.22. The highest BCUT2D eigenvalue weighted by atomic mass is 35.5. The van der Waals surface area contributed by atoms with Crippen molar-refractivity contribution in [3.05, 3.63) is 35.1 Å². The second kappa shape index (κ2) is 6.48. The third kappa shape index (κ3) is 2.92. The van der Waals surface area contributed by atoms with E-state index in [1.165, 1.54) is 4.90 Å². The number of rotatable bonds is 5. The maximum atomic E-state index is 13.7. The minimum absolute atomic E-state index is 0.0400. The largest absolute Gasteiger partial charge is 0.336 e. The van der Waals surface area contributed by atoms with Crippen LogP contribution in [-0.4, -0.2) is 29.3 Å². The minimum Gasteiger partial charge on any atom is -0.336 e. The summed E-state index contributed by atoms with van der Waals surface area (Å²) < 4.78 is 39.8. The van der Waals surface area contributed by atoms with Crippen LogP contribution in [-0.2, 0) is 0 Å². The number of hydrogen-bond acceptors (Lipinski definition) is 1. The van der Waals surface area contributed by atoms with Gasteiger partial charge in [0.15, 0.2) is 17.5 Å². The molecule has 0 unspecified atom stereocenters. The molecular formula is C14H15ClF3NO. The summed E-state index contributed by atoms with van der Waals surface area (Å²) in [4.78, 5) is 13.8. The zero-order chi connectivity index (χ0) is 14.7. The molecule has 2 rings (SSSR count). The Morgan fingerprint density at radius 3 is 2.50 bits per heavy atom. The Morgan fingerprint density at radius 2 is 1.95 bits per heavy atom. The van der Waals surface area contributed by atoms with Gasteiger partial charge in [-0.2, -0.15) is 0 Å². The van der Waals surface area contributed by atoms with E-state index >= 15 is 0 Å². The summed E-state index contributed by atoms with van der Waals surface area (Å²) in [6.07, 6.45) is 3.28. The molecule has 0 aromatic heterocycles. The predicted molar refractivity (Wildman–Crippen MR) is 70.3 cm³/mol. The molecule has 0 N–H and O–H groups in total. The first-order chi connectivity index (χ1) is 9.56. The van der Waals surface area contributed by atoms with Crippen LogP contribution in [0.1, 0.15) is 36.0 Å². The molecule has 2 nitrogen and oxygen atoms in total. The highest BCUT2D eigenvalue weighted by Crippen LogP contribution is 2.27. The van der Waals surface area contributed by atoms with Crippen LogP contribution in [0, 0.1) is 17.5 Å². The lowest BCUT2D eigenvalue weighted by atomic mass is 9.90. The fraction of sp³-hybridized carbons (Fsp3) is 0.500. The van der Waals surface area contributed by atoms with Crippen molar-refractivity contribution in [3.63, 3.8) is 0 Å². The first-order valence-electron chi connectivity index (χ1n) is 6.56. The number of alkyl halides is 1. The fourth-order valence-corrected chi connectivity index (χ4v) is 2.34. The van der Waals surface area contributed by atoms with E-state index in [1.54, 1.807) is 0 Å². The van der Waals surface area contributed by atoms with E-state index in [-0.39, 0.29) is 6.04 Å². The first-order valence-corrected chi connectivity index (χ1v) is 7.10.